The van der Waals surface area contributed by atoms with Gasteiger partial charge >= 0.3 is 5.69 Å². The highest BCUT2D eigenvalue weighted by Crippen LogP contribution is 2.20. The second kappa shape index (κ2) is 9.69. The van der Waals surface area contributed by atoms with Gasteiger partial charge < -0.3 is 10.6 Å². The summed E-state index contributed by atoms with van der Waals surface area (Å²) in [7, 11) is 0. The van der Waals surface area contributed by atoms with E-state index in [4.69, 9.17) is 0 Å². The summed E-state index contributed by atoms with van der Waals surface area (Å²) in [5.74, 6) is -0.702. The maximum absolute atomic E-state index is 12.4. The first-order valence-electron chi connectivity index (χ1n) is 9.77. The van der Waals surface area contributed by atoms with Gasteiger partial charge in [0.25, 0.3) is 11.5 Å². The number of benzene rings is 1. The first-order valence-corrected chi connectivity index (χ1v) is 10.6. The van der Waals surface area contributed by atoms with E-state index in [1.807, 2.05) is 32.0 Å². The maximum Gasteiger partial charge on any atom is 0.329 e. The van der Waals surface area contributed by atoms with E-state index in [0.717, 1.165) is 10.0 Å². The third kappa shape index (κ3) is 5.26. The Morgan fingerprint density at radius 1 is 1.23 bits per heavy atom. The molecular weight excluding hydrogens is 466 g/mol. The van der Waals surface area contributed by atoms with Gasteiger partial charge in [-0.3, -0.25) is 23.9 Å². The molecule has 0 radical (unpaired) electrons. The average Bonchev–Trinajstić information content (AvgIpc) is 2.73. The van der Waals surface area contributed by atoms with Gasteiger partial charge in [-0.05, 0) is 37.1 Å². The molecule has 0 atom stereocenters. The molecule has 0 aliphatic rings. The Morgan fingerprint density at radius 2 is 2.00 bits per heavy atom. The number of nitrogens with zero attached hydrogens (tertiary/aromatic N) is 2. The number of pyridine rings is 1. The number of H-pyrrole nitrogens is 1. The molecule has 9 nitrogen and oxygen atoms in total. The molecule has 0 bridgehead atoms. The molecule has 3 rings (SSSR count). The van der Waals surface area contributed by atoms with Crippen LogP contribution in [0.15, 0.2) is 44.5 Å². The molecule has 3 N–H and O–H groups in total. The molecule has 0 aliphatic carbocycles. The smallest absolute Gasteiger partial charge is 0.329 e. The highest BCUT2D eigenvalue weighted by atomic mass is 79.9. The van der Waals surface area contributed by atoms with Crippen LogP contribution in [0.1, 0.15) is 35.7 Å². The Labute approximate surface area is 186 Å². The summed E-state index contributed by atoms with van der Waals surface area (Å²) in [5, 5.41) is 5.61. The number of aryl methyl sites for hydroxylation is 2. The molecule has 2 amide bonds. The van der Waals surface area contributed by atoms with Gasteiger partial charge in [-0.25, -0.2) is 9.78 Å². The maximum atomic E-state index is 12.4. The summed E-state index contributed by atoms with van der Waals surface area (Å²) in [5.41, 5.74) is 0.893. The molecule has 0 unspecified atom stereocenters. The molecule has 2 aromatic heterocycles. The molecule has 2 heterocycles. The zero-order valence-electron chi connectivity index (χ0n) is 17.1. The van der Waals surface area contributed by atoms with Crippen LogP contribution in [0.25, 0.3) is 11.0 Å². The van der Waals surface area contributed by atoms with Crippen molar-refractivity contribution in [2.75, 3.05) is 11.9 Å². The highest BCUT2D eigenvalue weighted by molar-refractivity contribution is 9.10. The zero-order chi connectivity index (χ0) is 22.5. The van der Waals surface area contributed by atoms with E-state index in [9.17, 15) is 19.2 Å². The van der Waals surface area contributed by atoms with Gasteiger partial charge in [-0.2, -0.15) is 0 Å². The molecule has 0 fully saturated rings. The number of fused-ring (bicyclic) bond motifs is 1. The van der Waals surface area contributed by atoms with Crippen molar-refractivity contribution in [3.63, 3.8) is 0 Å². The number of rotatable bonds is 7. The number of hydrogen-bond donors (Lipinski definition) is 3. The number of hydrogen-bond acceptors (Lipinski definition) is 5. The number of aromatic amines is 1. The third-order valence-electron chi connectivity index (χ3n) is 4.65. The van der Waals surface area contributed by atoms with Crippen molar-refractivity contribution in [3.8, 4) is 0 Å². The molecule has 0 aliphatic heterocycles. The SMILES string of the molecule is CCCn1c(=O)[nH]c(=O)c2cc(C(=O)NCCC(=O)Nc3cc(Br)ccc3C)cnc21. The zero-order valence-corrected chi connectivity index (χ0v) is 18.7. The Kier molecular flexibility index (Phi) is 7.01. The van der Waals surface area contributed by atoms with Crippen LogP contribution in [0, 0.1) is 6.92 Å². The molecule has 162 valence electrons. The second-order valence-electron chi connectivity index (χ2n) is 7.02. The number of amides is 2. The van der Waals surface area contributed by atoms with Gasteiger partial charge in [-0.15, -0.1) is 0 Å². The summed E-state index contributed by atoms with van der Waals surface area (Å²) < 4.78 is 2.22. The first kappa shape index (κ1) is 22.4. The predicted molar refractivity (Wildman–Crippen MR) is 121 cm³/mol. The lowest BCUT2D eigenvalue weighted by Gasteiger charge is -2.10. The minimum absolute atomic E-state index is 0.0787. The number of anilines is 1. The van der Waals surface area contributed by atoms with Crippen molar-refractivity contribution in [2.45, 2.75) is 33.2 Å². The minimum atomic E-state index is -0.599. The highest BCUT2D eigenvalue weighted by Gasteiger charge is 2.13. The van der Waals surface area contributed by atoms with E-state index in [0.29, 0.717) is 18.7 Å². The van der Waals surface area contributed by atoms with E-state index in [1.54, 1.807) is 0 Å². The lowest BCUT2D eigenvalue weighted by Crippen LogP contribution is -2.32. The summed E-state index contributed by atoms with van der Waals surface area (Å²) in [4.78, 5) is 55.2. The minimum Gasteiger partial charge on any atom is -0.351 e. The van der Waals surface area contributed by atoms with E-state index in [-0.39, 0.29) is 35.5 Å². The van der Waals surface area contributed by atoms with Crippen molar-refractivity contribution in [1.82, 2.24) is 19.9 Å². The molecule has 0 saturated carbocycles. The Bertz CT molecular complexity index is 1260. The second-order valence-corrected chi connectivity index (χ2v) is 7.94. The van der Waals surface area contributed by atoms with Gasteiger partial charge in [0, 0.05) is 35.9 Å². The molecule has 3 aromatic rings. The van der Waals surface area contributed by atoms with Crippen LogP contribution >= 0.6 is 15.9 Å². The van der Waals surface area contributed by atoms with Gasteiger partial charge in [-0.1, -0.05) is 28.9 Å². The summed E-state index contributed by atoms with van der Waals surface area (Å²) in [6.07, 6.45) is 2.08. The van der Waals surface area contributed by atoms with Crippen molar-refractivity contribution in [2.24, 2.45) is 0 Å². The summed E-state index contributed by atoms with van der Waals surface area (Å²) >= 11 is 3.37. The quantitative estimate of drug-likeness (QED) is 0.471. The Hall–Kier alpha value is -3.27. The van der Waals surface area contributed by atoms with E-state index < -0.39 is 17.2 Å². The van der Waals surface area contributed by atoms with Crippen LogP contribution in [-0.4, -0.2) is 32.9 Å². The normalized spacial score (nSPS) is 10.8. The molecule has 31 heavy (non-hydrogen) atoms. The van der Waals surface area contributed by atoms with Crippen LogP contribution in [0.5, 0.6) is 0 Å². The van der Waals surface area contributed by atoms with Crippen LogP contribution in [0.4, 0.5) is 5.69 Å². The fraction of sp³-hybridized carbons (Fsp3) is 0.286. The number of halogens is 1. The van der Waals surface area contributed by atoms with Gasteiger partial charge in [0.2, 0.25) is 5.91 Å². The van der Waals surface area contributed by atoms with Crippen LogP contribution < -0.4 is 21.9 Å². The van der Waals surface area contributed by atoms with E-state index >= 15 is 0 Å². The standard InChI is InChI=1S/C21H22BrN5O4/c1-3-8-27-18-15(20(30)26-21(27)31)9-13(11-24-18)19(29)23-7-6-17(28)25-16-10-14(22)5-4-12(16)2/h4-5,9-11H,3,6-8H2,1-2H3,(H,23,29)(H,25,28)(H,26,30,31). The number of carbonyl (C=O) groups excluding carboxylic acids is 2. The summed E-state index contributed by atoms with van der Waals surface area (Å²) in [6, 6.07) is 6.97. The van der Waals surface area contributed by atoms with E-state index in [2.05, 4.69) is 36.5 Å². The molecule has 10 heteroatoms. The van der Waals surface area contributed by atoms with Gasteiger partial charge in [0.1, 0.15) is 5.65 Å². The van der Waals surface area contributed by atoms with Crippen molar-refractivity contribution in [1.29, 1.82) is 0 Å². The molecule has 0 saturated heterocycles. The van der Waals surface area contributed by atoms with Gasteiger partial charge in [0.05, 0.1) is 10.9 Å². The largest absolute Gasteiger partial charge is 0.351 e. The van der Waals surface area contributed by atoms with Gasteiger partial charge in [0.15, 0.2) is 0 Å². The van der Waals surface area contributed by atoms with Crippen molar-refractivity contribution < 1.29 is 9.59 Å². The molecular formula is C21H22BrN5O4. The number of nitrogens with one attached hydrogen (secondary N) is 3. The van der Waals surface area contributed by atoms with Crippen LogP contribution in [0.2, 0.25) is 0 Å². The van der Waals surface area contributed by atoms with Crippen LogP contribution in [-0.2, 0) is 11.3 Å². The Balaban J connectivity index is 1.66. The molecule has 1 aromatic carbocycles. The monoisotopic (exact) mass is 487 g/mol. The lowest BCUT2D eigenvalue weighted by atomic mass is 10.2. The van der Waals surface area contributed by atoms with E-state index in [1.165, 1.54) is 16.8 Å². The fourth-order valence-electron chi connectivity index (χ4n) is 3.06. The molecule has 0 spiro atoms. The van der Waals surface area contributed by atoms with Crippen molar-refractivity contribution in [3.05, 3.63) is 66.9 Å². The Morgan fingerprint density at radius 3 is 2.74 bits per heavy atom. The topological polar surface area (TPSA) is 126 Å². The third-order valence-corrected chi connectivity index (χ3v) is 5.15. The number of aromatic nitrogens is 3. The average molecular weight is 488 g/mol. The fourth-order valence-corrected chi connectivity index (χ4v) is 3.42. The van der Waals surface area contributed by atoms with Crippen LogP contribution in [0.3, 0.4) is 0 Å². The number of carbonyl (C=O) groups is 2. The predicted octanol–water partition coefficient (Wildman–Crippen LogP) is 2.32. The van der Waals surface area contributed by atoms with Crippen molar-refractivity contribution >= 4 is 44.5 Å². The lowest BCUT2D eigenvalue weighted by molar-refractivity contribution is -0.116. The summed E-state index contributed by atoms with van der Waals surface area (Å²) in [6.45, 7) is 4.30. The first-order chi connectivity index (χ1) is 14.8.